The molecule has 0 saturated carbocycles. The van der Waals surface area contributed by atoms with E-state index in [-0.39, 0.29) is 11.5 Å². The van der Waals surface area contributed by atoms with Gasteiger partial charge in [0.05, 0.1) is 5.69 Å². The molecule has 7 nitrogen and oxygen atoms in total. The van der Waals surface area contributed by atoms with Gasteiger partial charge in [0.1, 0.15) is 11.2 Å². The Bertz CT molecular complexity index is 2000. The highest BCUT2D eigenvalue weighted by Crippen LogP contribution is 2.26. The molecule has 6 rings (SSSR count). The van der Waals surface area contributed by atoms with Crippen molar-refractivity contribution in [1.82, 2.24) is 19.5 Å². The van der Waals surface area contributed by atoms with Gasteiger partial charge in [-0.25, -0.2) is 9.97 Å². The molecule has 0 radical (unpaired) electrons. The lowest BCUT2D eigenvalue weighted by molar-refractivity contribution is -0.111. The van der Waals surface area contributed by atoms with Gasteiger partial charge in [-0.2, -0.15) is 0 Å². The predicted octanol–water partition coefficient (Wildman–Crippen LogP) is 6.74. The van der Waals surface area contributed by atoms with Gasteiger partial charge in [-0.1, -0.05) is 54.1 Å². The number of anilines is 1. The number of amides is 1. The van der Waals surface area contributed by atoms with Crippen LogP contribution >= 0.6 is 11.6 Å². The summed E-state index contributed by atoms with van der Waals surface area (Å²) in [6.07, 6.45) is 8.61. The van der Waals surface area contributed by atoms with Gasteiger partial charge < -0.3 is 5.32 Å². The molecule has 0 unspecified atom stereocenters. The van der Waals surface area contributed by atoms with E-state index in [1.165, 1.54) is 6.08 Å². The molecule has 0 aliphatic heterocycles. The SMILES string of the molecule is O=C(/C=C/c1cccc(Cl)c1)Nc1cccc(-c2cccc(-n3c(=O)c(Cc4cccnc4)nc4cccnc43)c2)c1. The quantitative estimate of drug-likeness (QED) is 0.215. The smallest absolute Gasteiger partial charge is 0.278 e. The highest BCUT2D eigenvalue weighted by molar-refractivity contribution is 6.30. The number of pyridine rings is 2. The molecule has 42 heavy (non-hydrogen) atoms. The van der Waals surface area contributed by atoms with Crippen molar-refractivity contribution in [2.75, 3.05) is 5.32 Å². The fourth-order valence-electron chi connectivity index (χ4n) is 4.68. The molecule has 6 aromatic rings. The molecular weight excluding hydrogens is 546 g/mol. The first-order chi connectivity index (χ1) is 20.5. The van der Waals surface area contributed by atoms with Crippen LogP contribution in [0.3, 0.4) is 0 Å². The van der Waals surface area contributed by atoms with Crippen LogP contribution in [0.1, 0.15) is 16.8 Å². The number of carbonyl (C=O) groups is 1. The van der Waals surface area contributed by atoms with Crippen LogP contribution in [0.5, 0.6) is 0 Å². The molecule has 0 atom stereocenters. The van der Waals surface area contributed by atoms with Crippen molar-refractivity contribution >= 4 is 40.4 Å². The highest BCUT2D eigenvalue weighted by atomic mass is 35.5. The normalized spacial score (nSPS) is 11.2. The molecule has 0 aliphatic rings. The van der Waals surface area contributed by atoms with Crippen LogP contribution in [-0.2, 0) is 11.2 Å². The van der Waals surface area contributed by atoms with Gasteiger partial charge in [-0.05, 0) is 82.9 Å². The monoisotopic (exact) mass is 569 g/mol. The average Bonchev–Trinajstić information content (AvgIpc) is 3.01. The summed E-state index contributed by atoms with van der Waals surface area (Å²) < 4.78 is 1.60. The van der Waals surface area contributed by atoms with Crippen molar-refractivity contribution < 1.29 is 4.79 Å². The minimum absolute atomic E-state index is 0.241. The van der Waals surface area contributed by atoms with Crippen LogP contribution in [0.4, 0.5) is 5.69 Å². The van der Waals surface area contributed by atoms with E-state index >= 15 is 0 Å². The zero-order chi connectivity index (χ0) is 28.9. The molecule has 0 bridgehead atoms. The van der Waals surface area contributed by atoms with Crippen molar-refractivity contribution in [2.45, 2.75) is 6.42 Å². The zero-order valence-electron chi connectivity index (χ0n) is 22.3. The number of hydrogen-bond donors (Lipinski definition) is 1. The molecule has 1 N–H and O–H groups in total. The second-order valence-corrected chi connectivity index (χ2v) is 10.0. The topological polar surface area (TPSA) is 89.8 Å². The van der Waals surface area contributed by atoms with E-state index in [0.717, 1.165) is 22.3 Å². The van der Waals surface area contributed by atoms with Crippen molar-refractivity contribution in [3.8, 4) is 16.8 Å². The fraction of sp³-hybridized carbons (Fsp3) is 0.0294. The number of carbonyl (C=O) groups excluding carboxylic acids is 1. The first-order valence-electron chi connectivity index (χ1n) is 13.2. The van der Waals surface area contributed by atoms with Crippen LogP contribution in [0, 0.1) is 0 Å². The third kappa shape index (κ3) is 6.01. The van der Waals surface area contributed by atoms with Crippen LogP contribution in [0.25, 0.3) is 34.1 Å². The second kappa shape index (κ2) is 12.0. The van der Waals surface area contributed by atoms with E-state index in [0.29, 0.717) is 39.7 Å². The Labute approximate surface area is 246 Å². The third-order valence-corrected chi connectivity index (χ3v) is 6.86. The minimum atomic E-state index is -0.261. The maximum absolute atomic E-state index is 13.8. The van der Waals surface area contributed by atoms with Crippen LogP contribution in [-0.4, -0.2) is 25.4 Å². The number of nitrogens with one attached hydrogen (secondary N) is 1. The Kier molecular flexibility index (Phi) is 7.66. The summed E-state index contributed by atoms with van der Waals surface area (Å²) in [6.45, 7) is 0. The zero-order valence-corrected chi connectivity index (χ0v) is 23.1. The van der Waals surface area contributed by atoms with Gasteiger partial charge in [0.15, 0.2) is 5.65 Å². The van der Waals surface area contributed by atoms with Crippen molar-refractivity contribution in [3.63, 3.8) is 0 Å². The van der Waals surface area contributed by atoms with Crippen molar-refractivity contribution in [2.24, 2.45) is 0 Å². The number of benzene rings is 3. The summed E-state index contributed by atoms with van der Waals surface area (Å²) in [4.78, 5) is 39.7. The molecule has 0 fully saturated rings. The standard InChI is InChI=1S/C34H24ClN5O2/c35-27-10-1-6-23(18-27)14-15-32(41)38-28-11-2-8-25(20-28)26-9-3-12-29(21-26)40-33-30(13-5-17-37-33)39-31(34(40)42)19-24-7-4-16-36-22-24/h1-18,20-22H,19H2,(H,38,41)/b15-14+. The third-order valence-electron chi connectivity index (χ3n) is 6.62. The van der Waals surface area contributed by atoms with E-state index in [9.17, 15) is 9.59 Å². The molecule has 8 heteroatoms. The van der Waals surface area contributed by atoms with Gasteiger partial charge in [-0.15, -0.1) is 0 Å². The number of rotatable bonds is 7. The Balaban J connectivity index is 1.32. The molecular formula is C34H24ClN5O2. The Morgan fingerprint density at radius 1 is 0.881 bits per heavy atom. The largest absolute Gasteiger partial charge is 0.322 e. The van der Waals surface area contributed by atoms with E-state index in [1.807, 2.05) is 78.9 Å². The highest BCUT2D eigenvalue weighted by Gasteiger charge is 2.15. The number of nitrogens with zero attached hydrogens (tertiary/aromatic N) is 4. The van der Waals surface area contributed by atoms with E-state index < -0.39 is 0 Å². The van der Waals surface area contributed by atoms with Crippen LogP contribution in [0.15, 0.2) is 127 Å². The Morgan fingerprint density at radius 3 is 2.52 bits per heavy atom. The number of aromatic nitrogens is 4. The van der Waals surface area contributed by atoms with Gasteiger partial charge in [-0.3, -0.25) is 19.1 Å². The molecule has 1 amide bonds. The summed E-state index contributed by atoms with van der Waals surface area (Å²) >= 11 is 6.03. The summed E-state index contributed by atoms with van der Waals surface area (Å²) in [6, 6.07) is 29.9. The lowest BCUT2D eigenvalue weighted by Gasteiger charge is -2.13. The first-order valence-corrected chi connectivity index (χ1v) is 13.6. The lowest BCUT2D eigenvalue weighted by Crippen LogP contribution is -2.25. The maximum atomic E-state index is 13.8. The fourth-order valence-corrected chi connectivity index (χ4v) is 4.88. The van der Waals surface area contributed by atoms with Crippen molar-refractivity contribution in [1.29, 1.82) is 0 Å². The molecule has 0 aliphatic carbocycles. The summed E-state index contributed by atoms with van der Waals surface area (Å²) in [5, 5.41) is 3.52. The summed E-state index contributed by atoms with van der Waals surface area (Å²) in [5.41, 5.74) is 6.05. The van der Waals surface area contributed by atoms with Crippen LogP contribution in [0.2, 0.25) is 5.02 Å². The number of fused-ring (bicyclic) bond motifs is 1. The Morgan fingerprint density at radius 2 is 1.69 bits per heavy atom. The van der Waals surface area contributed by atoms with Crippen molar-refractivity contribution in [3.05, 3.63) is 154 Å². The average molecular weight is 570 g/mol. The molecule has 0 saturated heterocycles. The number of hydrogen-bond acceptors (Lipinski definition) is 5. The predicted molar refractivity (Wildman–Crippen MR) is 167 cm³/mol. The molecule has 204 valence electrons. The van der Waals surface area contributed by atoms with Gasteiger partial charge >= 0.3 is 0 Å². The Hall–Kier alpha value is -5.40. The van der Waals surface area contributed by atoms with Gasteiger partial charge in [0, 0.05) is 41.8 Å². The van der Waals surface area contributed by atoms with E-state index in [2.05, 4.69) is 20.3 Å². The molecule has 3 aromatic heterocycles. The lowest BCUT2D eigenvalue weighted by atomic mass is 10.0. The van der Waals surface area contributed by atoms with Gasteiger partial charge in [0.2, 0.25) is 5.91 Å². The first kappa shape index (κ1) is 26.8. The summed E-state index contributed by atoms with van der Waals surface area (Å²) in [7, 11) is 0. The summed E-state index contributed by atoms with van der Waals surface area (Å²) in [5.74, 6) is -0.261. The van der Waals surface area contributed by atoms with E-state index in [4.69, 9.17) is 11.6 Å². The molecule has 0 spiro atoms. The minimum Gasteiger partial charge on any atom is -0.322 e. The molecule has 3 aromatic carbocycles. The second-order valence-electron chi connectivity index (χ2n) is 9.59. The van der Waals surface area contributed by atoms with Crippen LogP contribution < -0.4 is 10.9 Å². The van der Waals surface area contributed by atoms with E-state index in [1.54, 1.807) is 47.4 Å². The maximum Gasteiger partial charge on any atom is 0.278 e. The van der Waals surface area contributed by atoms with Gasteiger partial charge in [0.25, 0.3) is 5.56 Å². The number of halogens is 1. The molecule has 3 heterocycles.